The van der Waals surface area contributed by atoms with Gasteiger partial charge in [-0.05, 0) is 40.5 Å². The van der Waals surface area contributed by atoms with Gasteiger partial charge in [0.2, 0.25) is 5.89 Å². The van der Waals surface area contributed by atoms with Crippen LogP contribution in [-0.4, -0.2) is 29.8 Å². The lowest BCUT2D eigenvalue weighted by Gasteiger charge is -2.32. The molecule has 136 valence electrons. The molecule has 0 radical (unpaired) electrons. The summed E-state index contributed by atoms with van der Waals surface area (Å²) in [6, 6.07) is 15.7. The quantitative estimate of drug-likeness (QED) is 0.707. The van der Waals surface area contributed by atoms with Gasteiger partial charge in [0.15, 0.2) is 0 Å². The number of anilines is 1. The van der Waals surface area contributed by atoms with Crippen LogP contribution < -0.4 is 4.90 Å². The molecule has 27 heavy (non-hydrogen) atoms. The molecule has 3 aromatic rings. The van der Waals surface area contributed by atoms with Crippen LogP contribution in [0.15, 0.2) is 53.1 Å². The molecule has 1 atom stereocenters. The van der Waals surface area contributed by atoms with Crippen molar-refractivity contribution in [1.29, 1.82) is 5.26 Å². The number of ether oxygens (including phenoxy) is 1. The Bertz CT molecular complexity index is 947. The van der Waals surface area contributed by atoms with Gasteiger partial charge in [0.1, 0.15) is 11.9 Å². The molecule has 2 aromatic carbocycles. The SMILES string of the molecule is N#Cc1ccc(C2CN(c3noc(Cc4ccc(F)cc4)n3)CCO2)cc1. The van der Waals surface area contributed by atoms with Crippen molar-refractivity contribution in [1.82, 2.24) is 10.1 Å². The number of rotatable bonds is 4. The largest absolute Gasteiger partial charge is 0.370 e. The van der Waals surface area contributed by atoms with Crippen LogP contribution in [0.2, 0.25) is 0 Å². The van der Waals surface area contributed by atoms with Crippen LogP contribution in [0.4, 0.5) is 10.3 Å². The van der Waals surface area contributed by atoms with Crippen molar-refractivity contribution in [3.8, 4) is 6.07 Å². The van der Waals surface area contributed by atoms with Gasteiger partial charge in [-0.1, -0.05) is 24.3 Å². The molecule has 1 aliphatic rings. The van der Waals surface area contributed by atoms with Crippen LogP contribution in [0.3, 0.4) is 0 Å². The zero-order chi connectivity index (χ0) is 18.6. The van der Waals surface area contributed by atoms with Crippen LogP contribution >= 0.6 is 0 Å². The monoisotopic (exact) mass is 364 g/mol. The molecule has 7 heteroatoms. The minimum atomic E-state index is -0.271. The molecule has 6 nitrogen and oxygen atoms in total. The van der Waals surface area contributed by atoms with Crippen LogP contribution in [0.25, 0.3) is 0 Å². The lowest BCUT2D eigenvalue weighted by Crippen LogP contribution is -2.39. The predicted molar refractivity (Wildman–Crippen MR) is 95.6 cm³/mol. The maximum absolute atomic E-state index is 13.0. The van der Waals surface area contributed by atoms with E-state index in [1.54, 1.807) is 24.3 Å². The van der Waals surface area contributed by atoms with Crippen molar-refractivity contribution in [3.05, 3.63) is 76.9 Å². The van der Waals surface area contributed by atoms with Crippen molar-refractivity contribution >= 4 is 5.95 Å². The van der Waals surface area contributed by atoms with Crippen LogP contribution in [0, 0.1) is 17.1 Å². The Morgan fingerprint density at radius 3 is 2.67 bits per heavy atom. The van der Waals surface area contributed by atoms with Gasteiger partial charge in [0.25, 0.3) is 5.95 Å². The fraction of sp³-hybridized carbons (Fsp3) is 0.250. The molecule has 0 N–H and O–H groups in total. The molecule has 1 fully saturated rings. The van der Waals surface area contributed by atoms with Crippen LogP contribution in [-0.2, 0) is 11.2 Å². The van der Waals surface area contributed by atoms with E-state index in [0.717, 1.165) is 11.1 Å². The molecular formula is C20H17FN4O2. The Labute approximate surface area is 155 Å². The summed E-state index contributed by atoms with van der Waals surface area (Å²) >= 11 is 0. The number of morpholine rings is 1. The minimum Gasteiger partial charge on any atom is -0.370 e. The maximum Gasteiger partial charge on any atom is 0.266 e. The third kappa shape index (κ3) is 3.96. The third-order valence-corrected chi connectivity index (χ3v) is 4.49. The predicted octanol–water partition coefficient (Wildman–Crippen LogP) is 3.25. The van der Waals surface area contributed by atoms with Crippen molar-refractivity contribution in [2.75, 3.05) is 24.6 Å². The van der Waals surface area contributed by atoms with Gasteiger partial charge in [0, 0.05) is 6.54 Å². The van der Waals surface area contributed by atoms with Gasteiger partial charge in [-0.2, -0.15) is 10.2 Å². The summed E-state index contributed by atoms with van der Waals surface area (Å²) in [6.45, 7) is 1.82. The molecule has 4 rings (SSSR count). The summed E-state index contributed by atoms with van der Waals surface area (Å²) in [7, 11) is 0. The number of benzene rings is 2. The second-order valence-electron chi connectivity index (χ2n) is 6.33. The first kappa shape index (κ1) is 17.2. The molecule has 1 saturated heterocycles. The number of hydrogen-bond acceptors (Lipinski definition) is 6. The molecule has 0 aliphatic carbocycles. The Balaban J connectivity index is 1.44. The first-order valence-electron chi connectivity index (χ1n) is 8.65. The molecule has 0 bridgehead atoms. The highest BCUT2D eigenvalue weighted by atomic mass is 19.1. The number of nitrogens with zero attached hydrogens (tertiary/aromatic N) is 4. The third-order valence-electron chi connectivity index (χ3n) is 4.49. The van der Waals surface area contributed by atoms with E-state index in [-0.39, 0.29) is 11.9 Å². The van der Waals surface area contributed by atoms with E-state index in [4.69, 9.17) is 14.5 Å². The summed E-state index contributed by atoms with van der Waals surface area (Å²) in [5, 5.41) is 13.0. The zero-order valence-electron chi connectivity index (χ0n) is 14.5. The van der Waals surface area contributed by atoms with Crippen molar-refractivity contribution < 1.29 is 13.7 Å². The van der Waals surface area contributed by atoms with E-state index in [9.17, 15) is 4.39 Å². The highest BCUT2D eigenvalue weighted by Gasteiger charge is 2.25. The minimum absolute atomic E-state index is 0.120. The Kier molecular flexibility index (Phi) is 4.81. The highest BCUT2D eigenvalue weighted by molar-refractivity contribution is 5.35. The molecule has 1 unspecified atom stereocenters. The van der Waals surface area contributed by atoms with Gasteiger partial charge < -0.3 is 14.2 Å². The van der Waals surface area contributed by atoms with Crippen molar-refractivity contribution in [2.45, 2.75) is 12.5 Å². The average molecular weight is 364 g/mol. The molecule has 0 saturated carbocycles. The molecule has 1 aromatic heterocycles. The van der Waals surface area contributed by atoms with E-state index in [1.165, 1.54) is 12.1 Å². The van der Waals surface area contributed by atoms with Gasteiger partial charge in [-0.15, -0.1) is 0 Å². The summed E-state index contributed by atoms with van der Waals surface area (Å²) in [6.07, 6.45) is 0.335. The maximum atomic E-state index is 13.0. The topological polar surface area (TPSA) is 75.2 Å². The molecule has 0 amide bonds. The summed E-state index contributed by atoms with van der Waals surface area (Å²) in [5.74, 6) is 0.735. The standard InChI is InChI=1S/C20H17FN4O2/c21-17-7-3-14(4-8-17)11-19-23-20(24-27-19)25-9-10-26-18(13-25)16-5-1-15(12-22)2-6-16/h1-8,18H,9-11,13H2. The number of nitriles is 1. The van der Waals surface area contributed by atoms with E-state index in [1.807, 2.05) is 17.0 Å². The van der Waals surface area contributed by atoms with E-state index in [0.29, 0.717) is 43.5 Å². The van der Waals surface area contributed by atoms with Crippen LogP contribution in [0.5, 0.6) is 0 Å². The number of hydrogen-bond donors (Lipinski definition) is 0. The Morgan fingerprint density at radius 1 is 1.15 bits per heavy atom. The van der Waals surface area contributed by atoms with Crippen LogP contribution in [0.1, 0.15) is 28.7 Å². The van der Waals surface area contributed by atoms with E-state index >= 15 is 0 Å². The molecule has 1 aliphatic heterocycles. The Morgan fingerprint density at radius 2 is 1.93 bits per heavy atom. The number of aromatic nitrogens is 2. The normalized spacial score (nSPS) is 16.9. The van der Waals surface area contributed by atoms with E-state index < -0.39 is 0 Å². The second-order valence-corrected chi connectivity index (χ2v) is 6.33. The van der Waals surface area contributed by atoms with Crippen molar-refractivity contribution in [2.24, 2.45) is 0 Å². The van der Waals surface area contributed by atoms with Gasteiger partial charge in [-0.3, -0.25) is 0 Å². The van der Waals surface area contributed by atoms with E-state index in [2.05, 4.69) is 16.2 Å². The fourth-order valence-corrected chi connectivity index (χ4v) is 3.03. The fourth-order valence-electron chi connectivity index (χ4n) is 3.03. The van der Waals surface area contributed by atoms with Crippen molar-refractivity contribution in [3.63, 3.8) is 0 Å². The molecule has 2 heterocycles. The highest BCUT2D eigenvalue weighted by Crippen LogP contribution is 2.25. The lowest BCUT2D eigenvalue weighted by atomic mass is 10.1. The lowest BCUT2D eigenvalue weighted by molar-refractivity contribution is 0.0391. The first-order valence-corrected chi connectivity index (χ1v) is 8.65. The summed E-state index contributed by atoms with van der Waals surface area (Å²) in [5.41, 5.74) is 2.53. The average Bonchev–Trinajstić information content (AvgIpc) is 3.18. The summed E-state index contributed by atoms with van der Waals surface area (Å²) < 4.78 is 24.2. The second kappa shape index (κ2) is 7.56. The van der Waals surface area contributed by atoms with Gasteiger partial charge >= 0.3 is 0 Å². The first-order chi connectivity index (χ1) is 13.2. The zero-order valence-corrected chi connectivity index (χ0v) is 14.5. The molecular weight excluding hydrogens is 347 g/mol. The summed E-state index contributed by atoms with van der Waals surface area (Å²) in [4.78, 5) is 6.48. The van der Waals surface area contributed by atoms with Gasteiger partial charge in [-0.25, -0.2) is 4.39 Å². The smallest absolute Gasteiger partial charge is 0.266 e. The molecule has 0 spiro atoms. The number of halogens is 1. The van der Waals surface area contributed by atoms with Gasteiger partial charge in [0.05, 0.1) is 31.2 Å². The Hall–Kier alpha value is -3.24.